The summed E-state index contributed by atoms with van der Waals surface area (Å²) < 4.78 is 14.8. The average Bonchev–Trinajstić information content (AvgIpc) is 2.47. The Morgan fingerprint density at radius 1 is 1.57 bits per heavy atom. The minimum absolute atomic E-state index is 0.0281. The second kappa shape index (κ2) is 3.05. The van der Waals surface area contributed by atoms with Crippen LogP contribution >= 0.6 is 15.9 Å². The molecule has 0 saturated carbocycles. The monoisotopic (exact) mass is 258 g/mol. The Morgan fingerprint density at radius 2 is 2.29 bits per heavy atom. The van der Waals surface area contributed by atoms with Gasteiger partial charge in [0.05, 0.1) is 0 Å². The smallest absolute Gasteiger partial charge is 0.346 e. The van der Waals surface area contributed by atoms with E-state index in [0.29, 0.717) is 12.0 Å². The van der Waals surface area contributed by atoms with Crippen molar-refractivity contribution in [3.05, 3.63) is 33.8 Å². The quantitative estimate of drug-likeness (QED) is 0.841. The fourth-order valence-electron chi connectivity index (χ4n) is 1.84. The molecule has 4 heteroatoms. The van der Waals surface area contributed by atoms with E-state index < -0.39 is 11.6 Å². The summed E-state index contributed by atoms with van der Waals surface area (Å²) in [5.74, 6) is -1.39. The number of fused-ring (bicyclic) bond motifs is 1. The first-order chi connectivity index (χ1) is 6.55. The standard InChI is InChI=1S/C10H8BrFO2/c11-8-3-1-2-7-6(8)4-5-10(7,12)9(13)14/h1-3H,4-5H2,(H,13,14). The van der Waals surface area contributed by atoms with Crippen molar-refractivity contribution in [2.24, 2.45) is 0 Å². The third-order valence-corrected chi connectivity index (χ3v) is 3.35. The first-order valence-corrected chi connectivity index (χ1v) is 5.05. The molecule has 0 aliphatic heterocycles. The molecule has 1 aliphatic carbocycles. The molecule has 0 saturated heterocycles. The summed E-state index contributed by atoms with van der Waals surface area (Å²) in [5, 5.41) is 8.82. The van der Waals surface area contributed by atoms with Crippen molar-refractivity contribution < 1.29 is 14.3 Å². The summed E-state index contributed by atoms with van der Waals surface area (Å²) in [6.07, 6.45) is 0.500. The molecule has 0 aromatic heterocycles. The van der Waals surface area contributed by atoms with Crippen LogP contribution in [-0.4, -0.2) is 11.1 Å². The molecule has 1 N–H and O–H groups in total. The average molecular weight is 259 g/mol. The van der Waals surface area contributed by atoms with Crippen molar-refractivity contribution in [1.82, 2.24) is 0 Å². The van der Waals surface area contributed by atoms with Gasteiger partial charge in [0, 0.05) is 16.5 Å². The van der Waals surface area contributed by atoms with Gasteiger partial charge in [0.15, 0.2) is 0 Å². The second-order valence-corrected chi connectivity index (χ2v) is 4.23. The molecule has 0 heterocycles. The first-order valence-electron chi connectivity index (χ1n) is 4.26. The number of halogens is 2. The fraction of sp³-hybridized carbons (Fsp3) is 0.300. The molecule has 0 radical (unpaired) electrons. The molecule has 1 aromatic carbocycles. The van der Waals surface area contributed by atoms with Gasteiger partial charge in [-0.2, -0.15) is 0 Å². The summed E-state index contributed by atoms with van der Waals surface area (Å²) in [7, 11) is 0. The zero-order valence-corrected chi connectivity index (χ0v) is 8.84. The summed E-state index contributed by atoms with van der Waals surface area (Å²) in [4.78, 5) is 10.8. The van der Waals surface area contributed by atoms with Crippen LogP contribution in [0.25, 0.3) is 0 Å². The highest BCUT2D eigenvalue weighted by atomic mass is 79.9. The number of rotatable bonds is 1. The molecular formula is C10H8BrFO2. The Hall–Kier alpha value is -0.900. The number of benzene rings is 1. The lowest BCUT2D eigenvalue weighted by atomic mass is 9.98. The van der Waals surface area contributed by atoms with Crippen molar-refractivity contribution in [1.29, 1.82) is 0 Å². The normalized spacial score (nSPS) is 24.7. The van der Waals surface area contributed by atoms with Gasteiger partial charge in [-0.15, -0.1) is 0 Å². The van der Waals surface area contributed by atoms with Crippen LogP contribution in [0.15, 0.2) is 22.7 Å². The van der Waals surface area contributed by atoms with E-state index in [4.69, 9.17) is 5.11 Å². The van der Waals surface area contributed by atoms with Gasteiger partial charge in [-0.3, -0.25) is 0 Å². The zero-order chi connectivity index (χ0) is 10.3. The molecule has 1 atom stereocenters. The predicted molar refractivity (Wildman–Crippen MR) is 52.9 cm³/mol. The molecule has 1 aromatic rings. The number of carbonyl (C=O) groups is 1. The third-order valence-electron chi connectivity index (χ3n) is 2.60. The van der Waals surface area contributed by atoms with E-state index >= 15 is 0 Å². The van der Waals surface area contributed by atoms with Crippen molar-refractivity contribution in [3.8, 4) is 0 Å². The largest absolute Gasteiger partial charge is 0.479 e. The number of aliphatic carboxylic acids is 1. The van der Waals surface area contributed by atoms with E-state index in [2.05, 4.69) is 15.9 Å². The summed E-state index contributed by atoms with van der Waals surface area (Å²) in [5.41, 5.74) is -1.13. The lowest BCUT2D eigenvalue weighted by Gasteiger charge is -2.14. The van der Waals surface area contributed by atoms with Gasteiger partial charge in [0.25, 0.3) is 0 Å². The Balaban J connectivity index is 2.60. The lowest BCUT2D eigenvalue weighted by molar-refractivity contribution is -0.151. The van der Waals surface area contributed by atoms with E-state index in [1.54, 1.807) is 18.2 Å². The molecule has 2 rings (SSSR count). The molecule has 0 bridgehead atoms. The van der Waals surface area contributed by atoms with E-state index in [-0.39, 0.29) is 6.42 Å². The Kier molecular flexibility index (Phi) is 2.10. The number of hydrogen-bond donors (Lipinski definition) is 1. The minimum Gasteiger partial charge on any atom is -0.479 e. The molecule has 1 aliphatic rings. The number of alkyl halides is 1. The van der Waals surface area contributed by atoms with E-state index in [9.17, 15) is 9.18 Å². The summed E-state index contributed by atoms with van der Waals surface area (Å²) in [6, 6.07) is 5.00. The van der Waals surface area contributed by atoms with Gasteiger partial charge in [-0.1, -0.05) is 28.1 Å². The highest BCUT2D eigenvalue weighted by Crippen LogP contribution is 2.43. The van der Waals surface area contributed by atoms with Crippen LogP contribution in [0.3, 0.4) is 0 Å². The Labute approximate surface area is 88.9 Å². The van der Waals surface area contributed by atoms with Gasteiger partial charge < -0.3 is 5.11 Å². The molecule has 14 heavy (non-hydrogen) atoms. The minimum atomic E-state index is -2.20. The van der Waals surface area contributed by atoms with Crippen molar-refractivity contribution >= 4 is 21.9 Å². The number of carboxylic acid groups (broad SMARTS) is 1. The van der Waals surface area contributed by atoms with Gasteiger partial charge in [0.1, 0.15) is 0 Å². The SMILES string of the molecule is O=C(O)C1(F)CCc2c(Br)cccc21. The maximum Gasteiger partial charge on any atom is 0.346 e. The van der Waals surface area contributed by atoms with Crippen LogP contribution in [0.5, 0.6) is 0 Å². The van der Waals surface area contributed by atoms with Crippen LogP contribution in [0.2, 0.25) is 0 Å². The highest BCUT2D eigenvalue weighted by Gasteiger charge is 2.46. The van der Waals surface area contributed by atoms with Crippen LogP contribution in [-0.2, 0) is 16.9 Å². The van der Waals surface area contributed by atoms with Crippen molar-refractivity contribution in [3.63, 3.8) is 0 Å². The molecule has 1 unspecified atom stereocenters. The third kappa shape index (κ3) is 1.17. The van der Waals surface area contributed by atoms with Crippen molar-refractivity contribution in [2.45, 2.75) is 18.5 Å². The van der Waals surface area contributed by atoms with Gasteiger partial charge in [-0.05, 0) is 18.1 Å². The number of carboxylic acids is 1. The van der Waals surface area contributed by atoms with Crippen molar-refractivity contribution in [2.75, 3.05) is 0 Å². The number of hydrogen-bond acceptors (Lipinski definition) is 1. The first kappa shape index (κ1) is 9.65. The predicted octanol–water partition coefficient (Wildman–Crippen LogP) is 2.64. The maximum atomic E-state index is 14.0. The molecular weight excluding hydrogens is 251 g/mol. The fourth-order valence-corrected chi connectivity index (χ4v) is 2.40. The molecule has 0 fully saturated rings. The lowest BCUT2D eigenvalue weighted by Crippen LogP contribution is -2.27. The van der Waals surface area contributed by atoms with Gasteiger partial charge >= 0.3 is 5.97 Å². The second-order valence-electron chi connectivity index (χ2n) is 3.37. The summed E-state index contributed by atoms with van der Waals surface area (Å²) in [6.45, 7) is 0. The molecule has 74 valence electrons. The van der Waals surface area contributed by atoms with Gasteiger partial charge in [-0.25, -0.2) is 9.18 Å². The van der Waals surface area contributed by atoms with Crippen LogP contribution in [0.1, 0.15) is 17.5 Å². The van der Waals surface area contributed by atoms with Crippen LogP contribution in [0.4, 0.5) is 4.39 Å². The molecule has 0 spiro atoms. The van der Waals surface area contributed by atoms with E-state index in [0.717, 1.165) is 10.0 Å². The Morgan fingerprint density at radius 3 is 2.93 bits per heavy atom. The summed E-state index contributed by atoms with van der Waals surface area (Å²) >= 11 is 3.29. The maximum absolute atomic E-state index is 14.0. The topological polar surface area (TPSA) is 37.3 Å². The van der Waals surface area contributed by atoms with E-state index in [1.807, 2.05) is 0 Å². The Bertz CT molecular complexity index is 405. The van der Waals surface area contributed by atoms with Crippen LogP contribution in [0, 0.1) is 0 Å². The van der Waals surface area contributed by atoms with Gasteiger partial charge in [0.2, 0.25) is 5.67 Å². The van der Waals surface area contributed by atoms with E-state index in [1.165, 1.54) is 0 Å². The molecule has 2 nitrogen and oxygen atoms in total. The highest BCUT2D eigenvalue weighted by molar-refractivity contribution is 9.10. The molecule has 0 amide bonds. The van der Waals surface area contributed by atoms with Crippen LogP contribution < -0.4 is 0 Å². The zero-order valence-electron chi connectivity index (χ0n) is 7.26.